The monoisotopic (exact) mass is 309 g/mol. The minimum absolute atomic E-state index is 0.0736. The van der Waals surface area contributed by atoms with Crippen molar-refractivity contribution in [2.24, 2.45) is 0 Å². The van der Waals surface area contributed by atoms with Crippen LogP contribution >= 0.6 is 15.9 Å². The number of nitrogens with one attached hydrogen (secondary N) is 1. The van der Waals surface area contributed by atoms with E-state index in [-0.39, 0.29) is 5.41 Å². The summed E-state index contributed by atoms with van der Waals surface area (Å²) in [7, 11) is 0. The first kappa shape index (κ1) is 13.1. The second-order valence-corrected chi connectivity index (χ2v) is 5.95. The Morgan fingerprint density at radius 3 is 2.72 bits per heavy atom. The fourth-order valence-corrected chi connectivity index (χ4v) is 1.81. The molecule has 0 aliphatic carbocycles. The molecule has 0 amide bonds. The van der Waals surface area contributed by atoms with Crippen LogP contribution in [0.2, 0.25) is 0 Å². The van der Waals surface area contributed by atoms with Gasteiger partial charge in [0, 0.05) is 23.6 Å². The molecule has 0 aromatic carbocycles. The third-order valence-electron chi connectivity index (χ3n) is 2.42. The summed E-state index contributed by atoms with van der Waals surface area (Å²) in [5.74, 6) is 1.62. The van der Waals surface area contributed by atoms with Gasteiger partial charge in [0.05, 0.1) is 12.5 Å². The maximum absolute atomic E-state index is 5.02. The molecule has 0 aliphatic heterocycles. The van der Waals surface area contributed by atoms with E-state index in [0.29, 0.717) is 6.54 Å². The van der Waals surface area contributed by atoms with Crippen LogP contribution in [0.3, 0.4) is 0 Å². The normalized spacial score (nSPS) is 11.6. The molecular weight excluding hydrogens is 294 g/mol. The van der Waals surface area contributed by atoms with E-state index < -0.39 is 0 Å². The molecule has 1 N–H and O–H groups in total. The molecule has 0 radical (unpaired) electrons. The molecule has 5 heteroatoms. The maximum Gasteiger partial charge on any atom is 0.137 e. The Balaban J connectivity index is 2.15. The molecule has 18 heavy (non-hydrogen) atoms. The molecule has 2 rings (SSSR count). The summed E-state index contributed by atoms with van der Waals surface area (Å²) in [5.41, 5.74) is 1.01. The Morgan fingerprint density at radius 2 is 2.11 bits per heavy atom. The van der Waals surface area contributed by atoms with Crippen LogP contribution in [0.5, 0.6) is 0 Å². The molecule has 2 aromatic rings. The lowest BCUT2D eigenvalue weighted by atomic mass is 9.96. The van der Waals surface area contributed by atoms with Gasteiger partial charge in [-0.1, -0.05) is 20.8 Å². The van der Waals surface area contributed by atoms with E-state index >= 15 is 0 Å². The van der Waals surface area contributed by atoms with Gasteiger partial charge >= 0.3 is 0 Å². The van der Waals surface area contributed by atoms with Gasteiger partial charge in [0.2, 0.25) is 0 Å². The molecule has 0 atom stereocenters. The molecule has 2 aromatic heterocycles. The van der Waals surface area contributed by atoms with Crippen LogP contribution in [0.25, 0.3) is 0 Å². The van der Waals surface area contributed by atoms with Crippen molar-refractivity contribution in [3.8, 4) is 0 Å². The number of furan rings is 1. The highest BCUT2D eigenvalue weighted by molar-refractivity contribution is 9.10. The molecule has 0 aliphatic rings. The third-order valence-corrected chi connectivity index (χ3v) is 2.83. The fourth-order valence-electron chi connectivity index (χ4n) is 1.43. The van der Waals surface area contributed by atoms with Crippen molar-refractivity contribution in [1.82, 2.24) is 9.97 Å². The standard InChI is InChI=1S/C13H16BrN3O/c1-13(2,3)12-16-10(14)6-11(17-12)15-7-9-4-5-18-8-9/h4-6,8H,7H2,1-3H3,(H,15,16,17). The Labute approximate surface area is 115 Å². The first-order chi connectivity index (χ1) is 8.45. The van der Waals surface area contributed by atoms with Gasteiger partial charge in [0.15, 0.2) is 0 Å². The van der Waals surface area contributed by atoms with E-state index in [1.165, 1.54) is 0 Å². The van der Waals surface area contributed by atoms with Crippen LogP contribution in [0.4, 0.5) is 5.82 Å². The highest BCUT2D eigenvalue weighted by Crippen LogP contribution is 2.22. The fraction of sp³-hybridized carbons (Fsp3) is 0.385. The first-order valence-corrected chi connectivity index (χ1v) is 6.54. The molecule has 96 valence electrons. The topological polar surface area (TPSA) is 51.0 Å². The molecule has 0 fully saturated rings. The number of nitrogens with zero attached hydrogens (tertiary/aromatic N) is 2. The van der Waals surface area contributed by atoms with Crippen molar-refractivity contribution in [2.45, 2.75) is 32.7 Å². The maximum atomic E-state index is 5.02. The average molecular weight is 310 g/mol. The quantitative estimate of drug-likeness (QED) is 0.877. The lowest BCUT2D eigenvalue weighted by Crippen LogP contribution is -2.17. The molecule has 4 nitrogen and oxygen atoms in total. The Kier molecular flexibility index (Phi) is 3.71. The molecule has 0 spiro atoms. The van der Waals surface area contributed by atoms with Crippen molar-refractivity contribution in [3.63, 3.8) is 0 Å². The minimum atomic E-state index is -0.0736. The Morgan fingerprint density at radius 1 is 1.33 bits per heavy atom. The number of rotatable bonds is 3. The summed E-state index contributed by atoms with van der Waals surface area (Å²) in [4.78, 5) is 8.92. The number of hydrogen-bond donors (Lipinski definition) is 1. The SMILES string of the molecule is CC(C)(C)c1nc(Br)cc(NCc2ccoc2)n1. The largest absolute Gasteiger partial charge is 0.472 e. The van der Waals surface area contributed by atoms with E-state index in [0.717, 1.165) is 21.8 Å². The Hall–Kier alpha value is -1.36. The number of anilines is 1. The van der Waals surface area contributed by atoms with Gasteiger partial charge in [-0.3, -0.25) is 0 Å². The third kappa shape index (κ3) is 3.32. The smallest absolute Gasteiger partial charge is 0.137 e. The van der Waals surface area contributed by atoms with E-state index in [2.05, 4.69) is 52.0 Å². The first-order valence-electron chi connectivity index (χ1n) is 5.75. The molecule has 0 saturated carbocycles. The summed E-state index contributed by atoms with van der Waals surface area (Å²) in [6, 6.07) is 3.79. The van der Waals surface area contributed by atoms with Crippen molar-refractivity contribution >= 4 is 21.7 Å². The summed E-state index contributed by atoms with van der Waals surface area (Å²) in [6.45, 7) is 6.96. The number of halogens is 1. The summed E-state index contributed by atoms with van der Waals surface area (Å²) >= 11 is 3.41. The highest BCUT2D eigenvalue weighted by atomic mass is 79.9. The molecule has 2 heterocycles. The van der Waals surface area contributed by atoms with Gasteiger partial charge in [-0.25, -0.2) is 9.97 Å². The Bertz CT molecular complexity index is 518. The average Bonchev–Trinajstić information content (AvgIpc) is 2.77. The van der Waals surface area contributed by atoms with Crippen LogP contribution in [-0.2, 0) is 12.0 Å². The van der Waals surface area contributed by atoms with Gasteiger partial charge in [0.1, 0.15) is 16.2 Å². The molecular formula is C13H16BrN3O. The van der Waals surface area contributed by atoms with Gasteiger partial charge in [0.25, 0.3) is 0 Å². The van der Waals surface area contributed by atoms with Crippen LogP contribution in [0, 0.1) is 0 Å². The van der Waals surface area contributed by atoms with Crippen molar-refractivity contribution in [3.05, 3.63) is 40.7 Å². The van der Waals surface area contributed by atoms with Gasteiger partial charge in [-0.05, 0) is 22.0 Å². The van der Waals surface area contributed by atoms with Crippen LogP contribution in [0.1, 0.15) is 32.2 Å². The second kappa shape index (κ2) is 5.10. The van der Waals surface area contributed by atoms with E-state index in [4.69, 9.17) is 4.42 Å². The summed E-state index contributed by atoms with van der Waals surface area (Å²) < 4.78 is 5.81. The number of aromatic nitrogens is 2. The highest BCUT2D eigenvalue weighted by Gasteiger charge is 2.18. The molecule has 0 saturated heterocycles. The van der Waals surface area contributed by atoms with Gasteiger partial charge in [-0.15, -0.1) is 0 Å². The van der Waals surface area contributed by atoms with Gasteiger partial charge < -0.3 is 9.73 Å². The van der Waals surface area contributed by atoms with E-state index in [9.17, 15) is 0 Å². The van der Waals surface area contributed by atoms with E-state index in [1.807, 2.05) is 12.1 Å². The van der Waals surface area contributed by atoms with Crippen molar-refractivity contribution < 1.29 is 4.42 Å². The van der Waals surface area contributed by atoms with E-state index in [1.54, 1.807) is 12.5 Å². The second-order valence-electron chi connectivity index (χ2n) is 5.13. The summed E-state index contributed by atoms with van der Waals surface area (Å²) in [6.07, 6.45) is 3.38. The van der Waals surface area contributed by atoms with Crippen molar-refractivity contribution in [1.29, 1.82) is 0 Å². The zero-order valence-corrected chi connectivity index (χ0v) is 12.3. The van der Waals surface area contributed by atoms with Crippen molar-refractivity contribution in [2.75, 3.05) is 5.32 Å². The van der Waals surface area contributed by atoms with Crippen LogP contribution in [-0.4, -0.2) is 9.97 Å². The molecule has 0 unspecified atom stereocenters. The number of hydrogen-bond acceptors (Lipinski definition) is 4. The van der Waals surface area contributed by atoms with Crippen LogP contribution in [0.15, 0.2) is 33.7 Å². The van der Waals surface area contributed by atoms with Crippen LogP contribution < -0.4 is 5.32 Å². The predicted molar refractivity (Wildman–Crippen MR) is 74.5 cm³/mol. The lowest BCUT2D eigenvalue weighted by molar-refractivity contribution is 0.544. The zero-order valence-electron chi connectivity index (χ0n) is 10.7. The summed E-state index contributed by atoms with van der Waals surface area (Å²) in [5, 5.41) is 3.26. The zero-order chi connectivity index (χ0) is 13.2. The van der Waals surface area contributed by atoms with Gasteiger partial charge in [-0.2, -0.15) is 0 Å². The lowest BCUT2D eigenvalue weighted by Gasteiger charge is -2.17. The predicted octanol–water partition coefficient (Wildman–Crippen LogP) is 3.74. The minimum Gasteiger partial charge on any atom is -0.472 e. The molecule has 0 bridgehead atoms.